The summed E-state index contributed by atoms with van der Waals surface area (Å²) < 4.78 is 5.17. The lowest BCUT2D eigenvalue weighted by Crippen LogP contribution is -2.51. The first-order valence-corrected chi connectivity index (χ1v) is 7.17. The highest BCUT2D eigenvalue weighted by Gasteiger charge is 2.33. The number of likely N-dealkylation sites (tertiary alicyclic amines) is 1. The quantitative estimate of drug-likeness (QED) is 0.859. The van der Waals surface area contributed by atoms with Gasteiger partial charge in [-0.2, -0.15) is 5.26 Å². The van der Waals surface area contributed by atoms with Gasteiger partial charge in [-0.25, -0.2) is 4.79 Å². The van der Waals surface area contributed by atoms with Crippen molar-refractivity contribution in [2.24, 2.45) is 11.3 Å². The van der Waals surface area contributed by atoms with Crippen LogP contribution in [0.4, 0.5) is 4.79 Å². The molecule has 0 spiro atoms. The summed E-state index contributed by atoms with van der Waals surface area (Å²) in [5.74, 6) is -0.00515. The molecule has 118 valence electrons. The Morgan fingerprint density at radius 1 is 1.29 bits per heavy atom. The van der Waals surface area contributed by atoms with E-state index in [4.69, 9.17) is 10.00 Å². The number of carbonyl (C=O) groups excluding carboxylic acids is 2. The van der Waals surface area contributed by atoms with E-state index in [-0.39, 0.29) is 17.2 Å². The van der Waals surface area contributed by atoms with E-state index in [0.29, 0.717) is 26.1 Å². The Kier molecular flexibility index (Phi) is 5.21. The Hall–Kier alpha value is -1.77. The number of carbonyl (C=O) groups is 2. The molecular formula is C15H25N3O3. The lowest BCUT2D eigenvalue weighted by molar-refractivity contribution is -0.138. The minimum Gasteiger partial charge on any atom is -0.444 e. The molecule has 0 radical (unpaired) electrons. The minimum absolute atomic E-state index is 0.0255. The maximum Gasteiger partial charge on any atom is 0.407 e. The number of rotatable bonds is 4. The Morgan fingerprint density at radius 2 is 1.86 bits per heavy atom. The molecule has 0 aromatic rings. The number of alkyl carbamates (subject to hydrolysis) is 1. The number of nitrogens with one attached hydrogen (secondary N) is 1. The molecule has 0 aromatic heterocycles. The highest BCUT2D eigenvalue weighted by molar-refractivity contribution is 5.78. The summed E-state index contributed by atoms with van der Waals surface area (Å²) in [5, 5.41) is 11.4. The van der Waals surface area contributed by atoms with Gasteiger partial charge in [-0.3, -0.25) is 4.79 Å². The van der Waals surface area contributed by atoms with Gasteiger partial charge < -0.3 is 15.0 Å². The molecule has 6 heteroatoms. The Labute approximate surface area is 126 Å². The van der Waals surface area contributed by atoms with E-state index in [1.807, 2.05) is 13.8 Å². The van der Waals surface area contributed by atoms with Crippen molar-refractivity contribution in [1.29, 1.82) is 5.26 Å². The molecule has 0 atom stereocenters. The first kappa shape index (κ1) is 17.3. The van der Waals surface area contributed by atoms with Gasteiger partial charge in [-0.05, 0) is 26.2 Å². The van der Waals surface area contributed by atoms with E-state index in [2.05, 4.69) is 11.4 Å². The molecule has 1 aliphatic heterocycles. The first-order chi connectivity index (χ1) is 9.52. The lowest BCUT2D eigenvalue weighted by atomic mass is 9.87. The van der Waals surface area contributed by atoms with Gasteiger partial charge in [0.1, 0.15) is 5.60 Å². The topological polar surface area (TPSA) is 82.4 Å². The fourth-order valence-electron chi connectivity index (χ4n) is 1.97. The van der Waals surface area contributed by atoms with Crippen LogP contribution >= 0.6 is 0 Å². The second-order valence-electron chi connectivity index (χ2n) is 7.32. The molecule has 1 saturated heterocycles. The fourth-order valence-corrected chi connectivity index (χ4v) is 1.97. The fraction of sp³-hybridized carbons (Fsp3) is 0.800. The van der Waals surface area contributed by atoms with Crippen molar-refractivity contribution in [2.75, 3.05) is 19.6 Å². The summed E-state index contributed by atoms with van der Waals surface area (Å²) in [5.41, 5.74) is -0.889. The zero-order valence-corrected chi connectivity index (χ0v) is 13.5. The van der Waals surface area contributed by atoms with Gasteiger partial charge in [0.2, 0.25) is 5.91 Å². The minimum atomic E-state index is -0.534. The molecule has 1 N–H and O–H groups in total. The number of ether oxygens (including phenoxy) is 1. The highest BCUT2D eigenvalue weighted by atomic mass is 16.6. The second-order valence-corrected chi connectivity index (χ2v) is 7.32. The molecule has 6 nitrogen and oxygen atoms in total. The first-order valence-electron chi connectivity index (χ1n) is 7.17. The molecule has 0 aliphatic carbocycles. The van der Waals surface area contributed by atoms with Crippen LogP contribution < -0.4 is 5.32 Å². The third kappa shape index (κ3) is 6.03. The maximum absolute atomic E-state index is 12.0. The summed E-state index contributed by atoms with van der Waals surface area (Å²) >= 11 is 0. The Morgan fingerprint density at radius 3 is 2.33 bits per heavy atom. The van der Waals surface area contributed by atoms with E-state index in [1.165, 1.54) is 0 Å². The standard InChI is InChI=1S/C15H25N3O3/c1-14(2,3)21-13(20)17-10-15(4,5)6-12(19)18-8-11(7-16)9-18/h11H,6,8-10H2,1-5H3,(H,17,20). The maximum atomic E-state index is 12.0. The van der Waals surface area contributed by atoms with Gasteiger partial charge in [0.25, 0.3) is 0 Å². The molecular weight excluding hydrogens is 270 g/mol. The molecule has 1 heterocycles. The van der Waals surface area contributed by atoms with Crippen LogP contribution in [-0.4, -0.2) is 42.1 Å². The van der Waals surface area contributed by atoms with E-state index >= 15 is 0 Å². The predicted octanol–water partition coefficient (Wildman–Crippen LogP) is 1.91. The third-order valence-corrected chi connectivity index (χ3v) is 3.16. The molecule has 21 heavy (non-hydrogen) atoms. The van der Waals surface area contributed by atoms with Crippen molar-refractivity contribution in [1.82, 2.24) is 10.2 Å². The van der Waals surface area contributed by atoms with Crippen LogP contribution in [0.5, 0.6) is 0 Å². The van der Waals surface area contributed by atoms with E-state index in [1.54, 1.807) is 25.7 Å². The summed E-state index contributed by atoms with van der Waals surface area (Å²) in [6.45, 7) is 10.6. The third-order valence-electron chi connectivity index (χ3n) is 3.16. The second kappa shape index (κ2) is 6.33. The zero-order chi connectivity index (χ0) is 16.3. The van der Waals surface area contributed by atoms with Crippen molar-refractivity contribution >= 4 is 12.0 Å². The van der Waals surface area contributed by atoms with Crippen LogP contribution in [0.15, 0.2) is 0 Å². The zero-order valence-electron chi connectivity index (χ0n) is 13.5. The molecule has 0 saturated carbocycles. The summed E-state index contributed by atoms with van der Waals surface area (Å²) in [4.78, 5) is 25.3. The monoisotopic (exact) mass is 295 g/mol. The Bertz CT molecular complexity index is 440. The average Bonchev–Trinajstić information content (AvgIpc) is 2.22. The summed E-state index contributed by atoms with van der Waals surface area (Å²) in [7, 11) is 0. The molecule has 1 rings (SSSR count). The van der Waals surface area contributed by atoms with Crippen molar-refractivity contribution < 1.29 is 14.3 Å². The number of nitriles is 1. The van der Waals surface area contributed by atoms with E-state index in [0.717, 1.165) is 0 Å². The van der Waals surface area contributed by atoms with Crippen LogP contribution in [0.3, 0.4) is 0 Å². The van der Waals surface area contributed by atoms with Crippen LogP contribution in [-0.2, 0) is 9.53 Å². The van der Waals surface area contributed by atoms with E-state index < -0.39 is 11.7 Å². The summed E-state index contributed by atoms with van der Waals surface area (Å²) in [6.07, 6.45) is -0.141. The normalized spacial score (nSPS) is 15.9. The van der Waals surface area contributed by atoms with Crippen molar-refractivity contribution in [3.63, 3.8) is 0 Å². The molecule has 0 aromatic carbocycles. The van der Waals surface area contributed by atoms with Crippen LogP contribution in [0, 0.1) is 22.7 Å². The number of hydrogen-bond acceptors (Lipinski definition) is 4. The van der Waals surface area contributed by atoms with Gasteiger partial charge in [0, 0.05) is 26.1 Å². The SMILES string of the molecule is CC(C)(CNC(=O)OC(C)(C)C)CC(=O)N1CC(C#N)C1. The van der Waals surface area contributed by atoms with Crippen molar-refractivity contribution in [3.8, 4) is 6.07 Å². The van der Waals surface area contributed by atoms with Crippen molar-refractivity contribution in [2.45, 2.75) is 46.6 Å². The lowest BCUT2D eigenvalue weighted by Gasteiger charge is -2.37. The van der Waals surface area contributed by atoms with E-state index in [9.17, 15) is 9.59 Å². The average molecular weight is 295 g/mol. The van der Waals surface area contributed by atoms with Crippen molar-refractivity contribution in [3.05, 3.63) is 0 Å². The molecule has 1 fully saturated rings. The highest BCUT2D eigenvalue weighted by Crippen LogP contribution is 2.24. The van der Waals surface area contributed by atoms with Gasteiger partial charge in [-0.1, -0.05) is 13.8 Å². The molecule has 1 aliphatic rings. The number of hydrogen-bond donors (Lipinski definition) is 1. The number of amides is 2. The smallest absolute Gasteiger partial charge is 0.407 e. The molecule has 2 amide bonds. The van der Waals surface area contributed by atoms with Gasteiger partial charge in [-0.15, -0.1) is 0 Å². The van der Waals surface area contributed by atoms with Gasteiger partial charge >= 0.3 is 6.09 Å². The molecule has 0 bridgehead atoms. The number of nitrogens with zero attached hydrogens (tertiary/aromatic N) is 2. The largest absolute Gasteiger partial charge is 0.444 e. The van der Waals surface area contributed by atoms with Crippen LogP contribution in [0.1, 0.15) is 41.0 Å². The molecule has 0 unspecified atom stereocenters. The summed E-state index contributed by atoms with van der Waals surface area (Å²) in [6, 6.07) is 2.14. The Balaban J connectivity index is 2.35. The predicted molar refractivity (Wildman–Crippen MR) is 78.3 cm³/mol. The van der Waals surface area contributed by atoms with Gasteiger partial charge in [0.05, 0.1) is 12.0 Å². The van der Waals surface area contributed by atoms with Gasteiger partial charge in [0.15, 0.2) is 0 Å². The van der Waals surface area contributed by atoms with Crippen LogP contribution in [0.2, 0.25) is 0 Å². The van der Waals surface area contributed by atoms with Crippen LogP contribution in [0.25, 0.3) is 0 Å².